The van der Waals surface area contributed by atoms with E-state index in [9.17, 15) is 0 Å². The molecule has 0 radical (unpaired) electrons. The molecule has 1 aliphatic heterocycles. The van der Waals surface area contributed by atoms with Gasteiger partial charge in [-0.2, -0.15) is 0 Å². The zero-order chi connectivity index (χ0) is 14.5. The summed E-state index contributed by atoms with van der Waals surface area (Å²) in [6.45, 7) is 19.0. The molecule has 2 heteroatoms. The molecule has 1 aliphatic rings. The van der Waals surface area contributed by atoms with Gasteiger partial charge in [-0.05, 0) is 57.9 Å². The van der Waals surface area contributed by atoms with Gasteiger partial charge in [0, 0.05) is 25.2 Å². The summed E-state index contributed by atoms with van der Waals surface area (Å²) in [7, 11) is 0. The van der Waals surface area contributed by atoms with Crippen LogP contribution < -0.4 is 5.32 Å². The Morgan fingerprint density at radius 3 is 2.42 bits per heavy atom. The molecule has 2 unspecified atom stereocenters. The maximum Gasteiger partial charge on any atom is 0.00967 e. The molecule has 2 nitrogen and oxygen atoms in total. The van der Waals surface area contributed by atoms with Gasteiger partial charge < -0.3 is 10.2 Å². The first-order valence-corrected chi connectivity index (χ1v) is 8.21. The van der Waals surface area contributed by atoms with Crippen molar-refractivity contribution in [3.05, 3.63) is 0 Å². The quantitative estimate of drug-likeness (QED) is 0.785. The Labute approximate surface area is 121 Å². The van der Waals surface area contributed by atoms with E-state index in [1.807, 2.05) is 0 Å². The highest BCUT2D eigenvalue weighted by Crippen LogP contribution is 2.27. The van der Waals surface area contributed by atoms with Crippen LogP contribution in [-0.2, 0) is 0 Å². The summed E-state index contributed by atoms with van der Waals surface area (Å²) >= 11 is 0. The van der Waals surface area contributed by atoms with Gasteiger partial charge in [-0.3, -0.25) is 0 Å². The second-order valence-electron chi connectivity index (χ2n) is 8.15. The maximum atomic E-state index is 3.72. The normalized spacial score (nSPS) is 25.3. The lowest BCUT2D eigenvalue weighted by Crippen LogP contribution is -2.49. The van der Waals surface area contributed by atoms with Crippen LogP contribution in [-0.4, -0.2) is 36.6 Å². The number of rotatable bonds is 6. The molecule has 114 valence electrons. The van der Waals surface area contributed by atoms with Crippen LogP contribution in [0.3, 0.4) is 0 Å². The van der Waals surface area contributed by atoms with E-state index in [2.05, 4.69) is 51.8 Å². The van der Waals surface area contributed by atoms with Crippen LogP contribution in [0.25, 0.3) is 0 Å². The van der Waals surface area contributed by atoms with Crippen LogP contribution in [0.4, 0.5) is 0 Å². The molecule has 1 saturated heterocycles. The molecule has 2 atom stereocenters. The third-order valence-electron chi connectivity index (χ3n) is 4.25. The van der Waals surface area contributed by atoms with Gasteiger partial charge >= 0.3 is 0 Å². The maximum absolute atomic E-state index is 3.72. The summed E-state index contributed by atoms with van der Waals surface area (Å²) in [6, 6.07) is 0. The van der Waals surface area contributed by atoms with Gasteiger partial charge in [-0.1, -0.05) is 27.2 Å². The second kappa shape index (κ2) is 7.08. The van der Waals surface area contributed by atoms with Gasteiger partial charge in [0.15, 0.2) is 0 Å². The van der Waals surface area contributed by atoms with Crippen LogP contribution in [0, 0.1) is 11.3 Å². The second-order valence-corrected chi connectivity index (χ2v) is 8.15. The summed E-state index contributed by atoms with van der Waals surface area (Å²) in [5.41, 5.74) is 0.642. The summed E-state index contributed by atoms with van der Waals surface area (Å²) in [4.78, 5) is 2.70. The summed E-state index contributed by atoms with van der Waals surface area (Å²) < 4.78 is 0. The fourth-order valence-electron chi connectivity index (χ4n) is 3.28. The number of hydrogen-bond donors (Lipinski definition) is 1. The molecule has 0 aromatic heterocycles. The van der Waals surface area contributed by atoms with E-state index in [-0.39, 0.29) is 5.54 Å². The lowest BCUT2D eigenvalue weighted by atomic mass is 9.83. The van der Waals surface area contributed by atoms with Crippen LogP contribution in [0.5, 0.6) is 0 Å². The van der Waals surface area contributed by atoms with Crippen LogP contribution in [0.2, 0.25) is 0 Å². The van der Waals surface area contributed by atoms with Crippen molar-refractivity contribution in [2.24, 2.45) is 11.3 Å². The molecular weight excluding hydrogens is 232 g/mol. The lowest BCUT2D eigenvalue weighted by Gasteiger charge is -2.40. The smallest absolute Gasteiger partial charge is 0.00967 e. The highest BCUT2D eigenvalue weighted by atomic mass is 15.1. The summed E-state index contributed by atoms with van der Waals surface area (Å²) in [5, 5.41) is 3.72. The average molecular weight is 268 g/mol. The molecule has 0 saturated carbocycles. The van der Waals surface area contributed by atoms with Crippen molar-refractivity contribution in [3.8, 4) is 0 Å². The van der Waals surface area contributed by atoms with E-state index in [0.29, 0.717) is 5.41 Å². The largest absolute Gasteiger partial charge is 0.311 e. The minimum atomic E-state index is 0.226. The number of nitrogens with zero attached hydrogens (tertiary/aromatic N) is 1. The minimum Gasteiger partial charge on any atom is -0.311 e. The minimum absolute atomic E-state index is 0.226. The lowest BCUT2D eigenvalue weighted by molar-refractivity contribution is 0.104. The molecule has 0 aromatic rings. The molecule has 0 aliphatic carbocycles. The Bertz CT molecular complexity index is 256. The molecule has 0 spiro atoms. The Balaban J connectivity index is 2.54. The number of nitrogens with one attached hydrogen (secondary N) is 1. The van der Waals surface area contributed by atoms with Crippen molar-refractivity contribution in [2.75, 3.05) is 26.2 Å². The predicted molar refractivity (Wildman–Crippen MR) is 85.6 cm³/mol. The van der Waals surface area contributed by atoms with Crippen molar-refractivity contribution in [3.63, 3.8) is 0 Å². The topological polar surface area (TPSA) is 15.3 Å². The molecule has 0 bridgehead atoms. The van der Waals surface area contributed by atoms with Gasteiger partial charge in [0.25, 0.3) is 0 Å². The Hall–Kier alpha value is -0.0800. The standard InChI is InChI=1S/C17H36N2/c1-7-10-17(6,13-18-16(3,4)5)14-19-11-8-9-15(2)12-19/h15,18H,7-14H2,1-6H3. The van der Waals surface area contributed by atoms with E-state index in [4.69, 9.17) is 0 Å². The molecule has 0 aromatic carbocycles. The number of hydrogen-bond acceptors (Lipinski definition) is 2. The zero-order valence-electron chi connectivity index (χ0n) is 14.2. The van der Waals surface area contributed by atoms with Gasteiger partial charge in [0.1, 0.15) is 0 Å². The van der Waals surface area contributed by atoms with Gasteiger partial charge in [-0.15, -0.1) is 0 Å². The monoisotopic (exact) mass is 268 g/mol. The van der Waals surface area contributed by atoms with E-state index in [0.717, 1.165) is 12.5 Å². The fraction of sp³-hybridized carbons (Fsp3) is 1.00. The summed E-state index contributed by atoms with van der Waals surface area (Å²) in [6.07, 6.45) is 5.41. The fourth-order valence-corrected chi connectivity index (χ4v) is 3.28. The molecule has 1 fully saturated rings. The van der Waals surface area contributed by atoms with Gasteiger partial charge in [0.05, 0.1) is 0 Å². The van der Waals surface area contributed by atoms with E-state index in [1.54, 1.807) is 0 Å². The average Bonchev–Trinajstić information content (AvgIpc) is 2.26. The van der Waals surface area contributed by atoms with Crippen molar-refractivity contribution < 1.29 is 0 Å². The number of piperidine rings is 1. The van der Waals surface area contributed by atoms with Crippen molar-refractivity contribution in [1.29, 1.82) is 0 Å². The SMILES string of the molecule is CCCC(C)(CNC(C)(C)C)CN1CCCC(C)C1. The number of likely N-dealkylation sites (tertiary alicyclic amines) is 1. The summed E-state index contributed by atoms with van der Waals surface area (Å²) in [5.74, 6) is 0.884. The Kier molecular flexibility index (Phi) is 6.32. The van der Waals surface area contributed by atoms with E-state index < -0.39 is 0 Å². The predicted octanol–water partition coefficient (Wildman–Crippen LogP) is 3.91. The molecular formula is C17H36N2. The third-order valence-corrected chi connectivity index (χ3v) is 4.25. The molecule has 0 amide bonds. The van der Waals surface area contributed by atoms with Crippen LogP contribution in [0.15, 0.2) is 0 Å². The van der Waals surface area contributed by atoms with E-state index in [1.165, 1.54) is 45.3 Å². The van der Waals surface area contributed by atoms with Crippen LogP contribution >= 0.6 is 0 Å². The zero-order valence-corrected chi connectivity index (χ0v) is 14.2. The highest BCUT2D eigenvalue weighted by molar-refractivity contribution is 4.85. The highest BCUT2D eigenvalue weighted by Gasteiger charge is 2.29. The first-order valence-electron chi connectivity index (χ1n) is 8.21. The first-order chi connectivity index (χ1) is 8.74. The molecule has 1 N–H and O–H groups in total. The Morgan fingerprint density at radius 2 is 1.89 bits per heavy atom. The van der Waals surface area contributed by atoms with Crippen LogP contribution in [0.1, 0.15) is 67.2 Å². The molecule has 1 heterocycles. The van der Waals surface area contributed by atoms with Crippen molar-refractivity contribution in [1.82, 2.24) is 10.2 Å². The first kappa shape index (κ1) is 17.0. The molecule has 1 rings (SSSR count). The Morgan fingerprint density at radius 1 is 1.21 bits per heavy atom. The van der Waals surface area contributed by atoms with Crippen molar-refractivity contribution in [2.45, 2.75) is 72.8 Å². The van der Waals surface area contributed by atoms with Crippen molar-refractivity contribution >= 4 is 0 Å². The van der Waals surface area contributed by atoms with Gasteiger partial charge in [-0.25, -0.2) is 0 Å². The third kappa shape index (κ3) is 6.76. The van der Waals surface area contributed by atoms with E-state index >= 15 is 0 Å². The molecule has 19 heavy (non-hydrogen) atoms. The van der Waals surface area contributed by atoms with Gasteiger partial charge in [0.2, 0.25) is 0 Å².